The molecule has 0 aliphatic rings. The van der Waals surface area contributed by atoms with Crippen molar-refractivity contribution in [3.63, 3.8) is 0 Å². The van der Waals surface area contributed by atoms with E-state index in [0.29, 0.717) is 18.9 Å². The molecule has 19 heavy (non-hydrogen) atoms. The lowest BCUT2D eigenvalue weighted by Crippen LogP contribution is -2.29. The van der Waals surface area contributed by atoms with Crippen LogP contribution in [-0.4, -0.2) is 40.0 Å². The fraction of sp³-hybridized carbons (Fsp3) is 0.500. The van der Waals surface area contributed by atoms with Crippen LogP contribution < -0.4 is 10.6 Å². The minimum Gasteiger partial charge on any atom is -0.480 e. The zero-order chi connectivity index (χ0) is 14.3. The molecule has 3 N–H and O–H groups in total. The van der Waals surface area contributed by atoms with E-state index in [-0.39, 0.29) is 18.9 Å². The number of hydrogen-bond acceptors (Lipinski definition) is 5. The number of anilines is 1. The van der Waals surface area contributed by atoms with Crippen molar-refractivity contribution in [2.24, 2.45) is 0 Å². The van der Waals surface area contributed by atoms with E-state index in [0.717, 1.165) is 11.4 Å². The molecule has 0 radical (unpaired) electrons. The largest absolute Gasteiger partial charge is 0.480 e. The van der Waals surface area contributed by atoms with Crippen molar-refractivity contribution < 1.29 is 14.7 Å². The summed E-state index contributed by atoms with van der Waals surface area (Å²) >= 11 is 0. The average molecular weight is 266 g/mol. The fourth-order valence-electron chi connectivity index (χ4n) is 1.52. The van der Waals surface area contributed by atoms with Gasteiger partial charge in [0.25, 0.3) is 0 Å². The molecule has 7 nitrogen and oxygen atoms in total. The summed E-state index contributed by atoms with van der Waals surface area (Å²) < 4.78 is 0. The molecule has 1 aromatic heterocycles. The van der Waals surface area contributed by atoms with Crippen molar-refractivity contribution in [2.75, 3.05) is 18.4 Å². The first-order valence-electron chi connectivity index (χ1n) is 6.02. The van der Waals surface area contributed by atoms with Gasteiger partial charge in [0, 0.05) is 24.4 Å². The van der Waals surface area contributed by atoms with E-state index in [1.54, 1.807) is 0 Å². The smallest absolute Gasteiger partial charge is 0.322 e. The summed E-state index contributed by atoms with van der Waals surface area (Å²) in [6, 6.07) is 1.88. The molecule has 0 aliphatic carbocycles. The highest BCUT2D eigenvalue weighted by molar-refractivity contribution is 5.81. The minimum absolute atomic E-state index is 0.269. The number of carboxylic acids is 1. The summed E-state index contributed by atoms with van der Waals surface area (Å²) in [7, 11) is 0. The quantitative estimate of drug-likeness (QED) is 0.620. The first-order chi connectivity index (χ1) is 8.97. The van der Waals surface area contributed by atoms with Gasteiger partial charge in [-0.3, -0.25) is 9.59 Å². The highest BCUT2D eigenvalue weighted by Gasteiger charge is 2.04. The number of aromatic nitrogens is 2. The third kappa shape index (κ3) is 6.35. The average Bonchev–Trinajstić information content (AvgIpc) is 2.31. The van der Waals surface area contributed by atoms with Crippen molar-refractivity contribution in [3.05, 3.63) is 17.5 Å². The van der Waals surface area contributed by atoms with E-state index in [1.165, 1.54) is 0 Å². The van der Waals surface area contributed by atoms with E-state index in [4.69, 9.17) is 5.11 Å². The molecular formula is C12H18N4O3. The number of aliphatic carboxylic acids is 1. The summed E-state index contributed by atoms with van der Waals surface area (Å²) in [5.41, 5.74) is 1.77. The van der Waals surface area contributed by atoms with E-state index >= 15 is 0 Å². The number of carbonyl (C=O) groups is 2. The molecule has 0 aliphatic heterocycles. The highest BCUT2D eigenvalue weighted by atomic mass is 16.4. The lowest BCUT2D eigenvalue weighted by Gasteiger charge is -2.06. The predicted octanol–water partition coefficient (Wildman–Crippen LogP) is 0.486. The van der Waals surface area contributed by atoms with Gasteiger partial charge in [-0.1, -0.05) is 0 Å². The Morgan fingerprint density at radius 2 is 1.89 bits per heavy atom. The Morgan fingerprint density at radius 1 is 1.26 bits per heavy atom. The number of amides is 1. The van der Waals surface area contributed by atoms with Crippen molar-refractivity contribution in [1.82, 2.24) is 15.3 Å². The topological polar surface area (TPSA) is 104 Å². The van der Waals surface area contributed by atoms with Crippen LogP contribution in [0.2, 0.25) is 0 Å². The van der Waals surface area contributed by atoms with E-state index in [2.05, 4.69) is 20.6 Å². The lowest BCUT2D eigenvalue weighted by atomic mass is 10.3. The van der Waals surface area contributed by atoms with Gasteiger partial charge in [0.1, 0.15) is 6.54 Å². The molecule has 7 heteroatoms. The molecule has 1 heterocycles. The van der Waals surface area contributed by atoms with Gasteiger partial charge in [0.2, 0.25) is 11.9 Å². The van der Waals surface area contributed by atoms with E-state index < -0.39 is 5.97 Å². The van der Waals surface area contributed by atoms with Gasteiger partial charge in [-0.2, -0.15) is 0 Å². The zero-order valence-electron chi connectivity index (χ0n) is 11.1. The molecule has 1 aromatic rings. The summed E-state index contributed by atoms with van der Waals surface area (Å²) in [4.78, 5) is 29.9. The molecule has 0 spiro atoms. The van der Waals surface area contributed by atoms with Crippen LogP contribution in [0.4, 0.5) is 5.95 Å². The van der Waals surface area contributed by atoms with Crippen LogP contribution in [0.3, 0.4) is 0 Å². The number of aryl methyl sites for hydroxylation is 2. The summed E-state index contributed by atoms with van der Waals surface area (Å²) in [6.07, 6.45) is 0.854. The van der Waals surface area contributed by atoms with Crippen molar-refractivity contribution in [2.45, 2.75) is 26.7 Å². The van der Waals surface area contributed by atoms with Crippen molar-refractivity contribution in [1.29, 1.82) is 0 Å². The Bertz CT molecular complexity index is 442. The van der Waals surface area contributed by atoms with Crippen LogP contribution in [0.5, 0.6) is 0 Å². The summed E-state index contributed by atoms with van der Waals surface area (Å²) in [5.74, 6) is -0.774. The SMILES string of the molecule is Cc1cc(C)nc(NCCCC(=O)NCC(=O)O)n1. The Hall–Kier alpha value is -2.18. The van der Waals surface area contributed by atoms with Crippen molar-refractivity contribution in [3.8, 4) is 0 Å². The normalized spacial score (nSPS) is 10.0. The maximum Gasteiger partial charge on any atom is 0.322 e. The van der Waals surface area contributed by atoms with Crippen LogP contribution in [0.15, 0.2) is 6.07 Å². The van der Waals surface area contributed by atoms with Gasteiger partial charge in [-0.15, -0.1) is 0 Å². The fourth-order valence-corrected chi connectivity index (χ4v) is 1.52. The maximum atomic E-state index is 11.2. The first kappa shape index (κ1) is 14.9. The van der Waals surface area contributed by atoms with Gasteiger partial charge >= 0.3 is 5.97 Å². The van der Waals surface area contributed by atoms with Crippen LogP contribution >= 0.6 is 0 Å². The molecule has 0 saturated carbocycles. The van der Waals surface area contributed by atoms with Gasteiger partial charge in [-0.25, -0.2) is 9.97 Å². The van der Waals surface area contributed by atoms with Crippen LogP contribution in [0.1, 0.15) is 24.2 Å². The Labute approximate surface area is 111 Å². The van der Waals surface area contributed by atoms with E-state index in [1.807, 2.05) is 19.9 Å². The maximum absolute atomic E-state index is 11.2. The van der Waals surface area contributed by atoms with Gasteiger partial charge in [-0.05, 0) is 26.3 Å². The van der Waals surface area contributed by atoms with Crippen LogP contribution in [0, 0.1) is 13.8 Å². The van der Waals surface area contributed by atoms with Crippen LogP contribution in [-0.2, 0) is 9.59 Å². The van der Waals surface area contributed by atoms with Crippen LogP contribution in [0.25, 0.3) is 0 Å². The minimum atomic E-state index is -1.05. The number of nitrogens with one attached hydrogen (secondary N) is 2. The van der Waals surface area contributed by atoms with E-state index in [9.17, 15) is 9.59 Å². The second kappa shape index (κ2) is 7.30. The summed E-state index contributed by atoms with van der Waals surface area (Å²) in [5, 5.41) is 13.7. The lowest BCUT2D eigenvalue weighted by molar-refractivity contribution is -0.137. The highest BCUT2D eigenvalue weighted by Crippen LogP contribution is 2.03. The monoisotopic (exact) mass is 266 g/mol. The molecule has 0 atom stereocenters. The Kier molecular flexibility index (Phi) is 5.72. The number of carbonyl (C=O) groups excluding carboxylic acids is 1. The Morgan fingerprint density at radius 3 is 2.47 bits per heavy atom. The third-order valence-electron chi connectivity index (χ3n) is 2.28. The molecule has 0 bridgehead atoms. The van der Waals surface area contributed by atoms with Gasteiger partial charge < -0.3 is 15.7 Å². The number of hydrogen-bond donors (Lipinski definition) is 3. The molecule has 1 rings (SSSR count). The van der Waals surface area contributed by atoms with Gasteiger partial charge in [0.15, 0.2) is 0 Å². The molecule has 0 saturated heterocycles. The second-order valence-electron chi connectivity index (χ2n) is 4.18. The molecule has 104 valence electrons. The zero-order valence-corrected chi connectivity index (χ0v) is 11.1. The molecular weight excluding hydrogens is 248 g/mol. The second-order valence-corrected chi connectivity index (χ2v) is 4.18. The standard InChI is InChI=1S/C12H18N4O3/c1-8-6-9(2)16-12(15-8)13-5-3-4-10(17)14-7-11(18)19/h6H,3-5,7H2,1-2H3,(H,14,17)(H,18,19)(H,13,15,16). The van der Waals surface area contributed by atoms with Crippen molar-refractivity contribution >= 4 is 17.8 Å². The molecule has 0 fully saturated rings. The number of rotatable bonds is 7. The first-order valence-corrected chi connectivity index (χ1v) is 6.02. The van der Waals surface area contributed by atoms with Gasteiger partial charge in [0.05, 0.1) is 0 Å². The third-order valence-corrected chi connectivity index (χ3v) is 2.28. The summed E-state index contributed by atoms with van der Waals surface area (Å²) in [6.45, 7) is 3.99. The molecule has 0 aromatic carbocycles. The molecule has 1 amide bonds. The predicted molar refractivity (Wildman–Crippen MR) is 69.9 cm³/mol. The number of nitrogens with zero attached hydrogens (tertiary/aromatic N) is 2. The molecule has 0 unspecified atom stereocenters. The Balaban J connectivity index is 2.23. The number of carboxylic acid groups (broad SMARTS) is 1.